The average Bonchev–Trinajstić information content (AvgIpc) is 2.65. The molecule has 0 aliphatic heterocycles. The van der Waals surface area contributed by atoms with Crippen molar-refractivity contribution in [3.05, 3.63) is 52.5 Å². The first-order chi connectivity index (χ1) is 14.3. The number of nitrogens with one attached hydrogen (secondary N) is 2. The SMILES string of the molecule is COc1ccc(Cl)cc1NC(=O)CCCC(=O)OCC(=O)Nc1cc(C)cc(C)c1. The van der Waals surface area contributed by atoms with Crippen LogP contribution in [0.5, 0.6) is 5.75 Å². The molecule has 8 heteroatoms. The van der Waals surface area contributed by atoms with Crippen molar-refractivity contribution in [1.82, 2.24) is 0 Å². The van der Waals surface area contributed by atoms with Crippen molar-refractivity contribution in [1.29, 1.82) is 0 Å². The van der Waals surface area contributed by atoms with Gasteiger partial charge in [-0.25, -0.2) is 0 Å². The molecule has 0 aromatic heterocycles. The molecular weight excluding hydrogens is 408 g/mol. The van der Waals surface area contributed by atoms with Crippen LogP contribution in [0.2, 0.25) is 5.02 Å². The number of benzene rings is 2. The van der Waals surface area contributed by atoms with Crippen LogP contribution in [0, 0.1) is 13.8 Å². The topological polar surface area (TPSA) is 93.7 Å². The summed E-state index contributed by atoms with van der Waals surface area (Å²) in [5.41, 5.74) is 3.16. The van der Waals surface area contributed by atoms with E-state index in [1.165, 1.54) is 7.11 Å². The summed E-state index contributed by atoms with van der Waals surface area (Å²) in [4.78, 5) is 35.8. The monoisotopic (exact) mass is 432 g/mol. The summed E-state index contributed by atoms with van der Waals surface area (Å²) < 4.78 is 10.1. The Balaban J connectivity index is 1.70. The van der Waals surface area contributed by atoms with Crippen molar-refractivity contribution in [3.63, 3.8) is 0 Å². The Bertz CT molecular complexity index is 909. The first-order valence-corrected chi connectivity index (χ1v) is 9.82. The Hall–Kier alpha value is -3.06. The third-order valence-corrected chi connectivity index (χ3v) is 4.33. The van der Waals surface area contributed by atoms with E-state index >= 15 is 0 Å². The maximum Gasteiger partial charge on any atom is 0.306 e. The van der Waals surface area contributed by atoms with Crippen molar-refractivity contribution in [2.24, 2.45) is 0 Å². The highest BCUT2D eigenvalue weighted by molar-refractivity contribution is 6.31. The molecule has 0 fully saturated rings. The molecule has 2 aromatic carbocycles. The lowest BCUT2D eigenvalue weighted by atomic mass is 10.1. The molecule has 2 N–H and O–H groups in total. The minimum absolute atomic E-state index is 0.0247. The number of aryl methyl sites for hydroxylation is 2. The summed E-state index contributed by atoms with van der Waals surface area (Å²) in [5, 5.41) is 5.86. The van der Waals surface area contributed by atoms with Gasteiger partial charge in [0.1, 0.15) is 5.75 Å². The molecule has 2 amide bonds. The molecular formula is C22H25ClN2O5. The summed E-state index contributed by atoms with van der Waals surface area (Å²) in [6, 6.07) is 10.6. The number of esters is 1. The van der Waals surface area contributed by atoms with Crippen LogP contribution < -0.4 is 15.4 Å². The summed E-state index contributed by atoms with van der Waals surface area (Å²) in [7, 11) is 1.49. The van der Waals surface area contributed by atoms with Gasteiger partial charge in [-0.05, 0) is 61.7 Å². The third kappa shape index (κ3) is 7.75. The van der Waals surface area contributed by atoms with Crippen molar-refractivity contribution in [3.8, 4) is 5.75 Å². The van der Waals surface area contributed by atoms with Gasteiger partial charge < -0.3 is 20.1 Å². The highest BCUT2D eigenvalue weighted by atomic mass is 35.5. The van der Waals surface area contributed by atoms with Gasteiger partial charge in [0, 0.05) is 23.6 Å². The maximum absolute atomic E-state index is 12.1. The lowest BCUT2D eigenvalue weighted by Crippen LogP contribution is -2.21. The van der Waals surface area contributed by atoms with Gasteiger partial charge in [-0.3, -0.25) is 14.4 Å². The second-order valence-corrected chi connectivity index (χ2v) is 7.27. The Morgan fingerprint density at radius 1 is 0.933 bits per heavy atom. The molecule has 2 rings (SSSR count). The minimum atomic E-state index is -0.543. The van der Waals surface area contributed by atoms with E-state index in [-0.39, 0.29) is 31.8 Å². The highest BCUT2D eigenvalue weighted by Crippen LogP contribution is 2.27. The van der Waals surface area contributed by atoms with Crippen LogP contribution in [-0.4, -0.2) is 31.5 Å². The zero-order chi connectivity index (χ0) is 22.1. The van der Waals surface area contributed by atoms with Gasteiger partial charge in [-0.15, -0.1) is 0 Å². The van der Waals surface area contributed by atoms with E-state index in [1.807, 2.05) is 32.0 Å². The molecule has 0 heterocycles. The molecule has 0 aliphatic carbocycles. The second-order valence-electron chi connectivity index (χ2n) is 6.83. The number of anilines is 2. The van der Waals surface area contributed by atoms with Crippen LogP contribution in [0.25, 0.3) is 0 Å². The number of carbonyl (C=O) groups is 3. The molecule has 0 aliphatic rings. The molecule has 0 spiro atoms. The van der Waals surface area contributed by atoms with Crippen LogP contribution >= 0.6 is 11.6 Å². The third-order valence-electron chi connectivity index (χ3n) is 4.09. The zero-order valence-electron chi connectivity index (χ0n) is 17.2. The van der Waals surface area contributed by atoms with Crippen molar-refractivity contribution in [2.45, 2.75) is 33.1 Å². The van der Waals surface area contributed by atoms with Crippen molar-refractivity contribution >= 4 is 40.8 Å². The van der Waals surface area contributed by atoms with Crippen LogP contribution in [0.3, 0.4) is 0 Å². The Labute approximate surface area is 180 Å². The quantitative estimate of drug-likeness (QED) is 0.577. The van der Waals surface area contributed by atoms with Gasteiger partial charge >= 0.3 is 5.97 Å². The molecule has 7 nitrogen and oxygen atoms in total. The molecule has 160 valence electrons. The number of amides is 2. The van der Waals surface area contributed by atoms with E-state index in [4.69, 9.17) is 21.1 Å². The number of ether oxygens (including phenoxy) is 2. The fourth-order valence-corrected chi connectivity index (χ4v) is 3.02. The summed E-state index contributed by atoms with van der Waals surface area (Å²) in [5.74, 6) is -0.754. The Morgan fingerprint density at radius 3 is 2.30 bits per heavy atom. The van der Waals surface area contributed by atoms with E-state index in [0.717, 1.165) is 11.1 Å². The predicted molar refractivity (Wildman–Crippen MR) is 116 cm³/mol. The summed E-state index contributed by atoms with van der Waals surface area (Å²) in [6.45, 7) is 3.49. The van der Waals surface area contributed by atoms with Gasteiger partial charge in [-0.1, -0.05) is 17.7 Å². The minimum Gasteiger partial charge on any atom is -0.495 e. The van der Waals surface area contributed by atoms with Crippen molar-refractivity contribution in [2.75, 3.05) is 24.4 Å². The van der Waals surface area contributed by atoms with E-state index < -0.39 is 11.9 Å². The average molecular weight is 433 g/mol. The van der Waals surface area contributed by atoms with Gasteiger partial charge in [0.15, 0.2) is 6.61 Å². The van der Waals surface area contributed by atoms with E-state index in [0.29, 0.717) is 22.1 Å². The van der Waals surface area contributed by atoms with Gasteiger partial charge in [-0.2, -0.15) is 0 Å². The zero-order valence-corrected chi connectivity index (χ0v) is 18.0. The number of carbonyl (C=O) groups excluding carboxylic acids is 3. The van der Waals surface area contributed by atoms with Crippen LogP contribution in [-0.2, 0) is 19.1 Å². The number of hydrogen-bond donors (Lipinski definition) is 2. The highest BCUT2D eigenvalue weighted by Gasteiger charge is 2.12. The fraction of sp³-hybridized carbons (Fsp3) is 0.318. The molecule has 0 radical (unpaired) electrons. The smallest absolute Gasteiger partial charge is 0.306 e. The number of halogens is 1. The Kier molecular flexibility index (Phi) is 8.68. The standard InChI is InChI=1S/C22H25ClN2O5/c1-14-9-15(2)11-17(10-14)24-21(27)13-30-22(28)6-4-5-20(26)25-18-12-16(23)7-8-19(18)29-3/h7-12H,4-6,13H2,1-3H3,(H,24,27)(H,25,26). The van der Waals surface area contributed by atoms with Crippen molar-refractivity contribution < 1.29 is 23.9 Å². The largest absolute Gasteiger partial charge is 0.495 e. The molecule has 2 aromatic rings. The van der Waals surface area contributed by atoms with Gasteiger partial charge in [0.25, 0.3) is 5.91 Å². The molecule has 30 heavy (non-hydrogen) atoms. The predicted octanol–water partition coefficient (Wildman–Crippen LogP) is 4.26. The normalized spacial score (nSPS) is 10.3. The Morgan fingerprint density at radius 2 is 1.63 bits per heavy atom. The van der Waals surface area contributed by atoms with Gasteiger partial charge in [0.2, 0.25) is 5.91 Å². The molecule has 0 saturated carbocycles. The first kappa shape index (κ1) is 23.2. The fourth-order valence-electron chi connectivity index (χ4n) is 2.85. The van der Waals surface area contributed by atoms with Crippen LogP contribution in [0.15, 0.2) is 36.4 Å². The number of rotatable bonds is 9. The lowest BCUT2D eigenvalue weighted by Gasteiger charge is -2.10. The molecule has 0 unspecified atom stereocenters. The molecule has 0 bridgehead atoms. The molecule has 0 atom stereocenters. The van der Waals surface area contributed by atoms with Crippen LogP contribution in [0.1, 0.15) is 30.4 Å². The number of hydrogen-bond acceptors (Lipinski definition) is 5. The first-order valence-electron chi connectivity index (χ1n) is 9.44. The van der Waals surface area contributed by atoms with Crippen LogP contribution in [0.4, 0.5) is 11.4 Å². The summed E-state index contributed by atoms with van der Waals surface area (Å²) >= 11 is 5.93. The van der Waals surface area contributed by atoms with E-state index in [9.17, 15) is 14.4 Å². The van der Waals surface area contributed by atoms with E-state index in [2.05, 4.69) is 10.6 Å². The van der Waals surface area contributed by atoms with E-state index in [1.54, 1.807) is 18.2 Å². The summed E-state index contributed by atoms with van der Waals surface area (Å²) in [6.07, 6.45) is 0.419. The molecule has 0 saturated heterocycles. The maximum atomic E-state index is 12.1. The lowest BCUT2D eigenvalue weighted by molar-refractivity contribution is -0.147. The van der Waals surface area contributed by atoms with Gasteiger partial charge in [0.05, 0.1) is 12.8 Å². The second kappa shape index (κ2) is 11.2. The number of methoxy groups -OCH3 is 1.